The number of nitrogens with one attached hydrogen (secondary N) is 1. The molecule has 0 aliphatic heterocycles. The Morgan fingerprint density at radius 3 is 2.89 bits per heavy atom. The van der Waals surface area contributed by atoms with Crippen molar-refractivity contribution < 1.29 is 4.74 Å². The molecule has 2 heterocycles. The van der Waals surface area contributed by atoms with Gasteiger partial charge in [-0.2, -0.15) is 0 Å². The molecule has 0 saturated carbocycles. The van der Waals surface area contributed by atoms with Gasteiger partial charge in [0.2, 0.25) is 0 Å². The Hall–Kier alpha value is -1.95. The maximum Gasteiger partial charge on any atom is 0.122 e. The number of nitrogens with zero attached hydrogens (tertiary/aromatic N) is 4. The zero-order chi connectivity index (χ0) is 13.7. The topological polar surface area (TPSA) is 64.9 Å². The molecule has 0 atom stereocenters. The van der Waals surface area contributed by atoms with Gasteiger partial charge in [-0.05, 0) is 13.5 Å². The average Bonchev–Trinajstić information content (AvgIpc) is 2.83. The number of aryl methyl sites for hydroxylation is 1. The Morgan fingerprint density at radius 1 is 1.32 bits per heavy atom. The van der Waals surface area contributed by atoms with Gasteiger partial charge in [-0.25, -0.2) is 4.68 Å². The van der Waals surface area contributed by atoms with Crippen molar-refractivity contribution in [1.82, 2.24) is 25.3 Å². The van der Waals surface area contributed by atoms with E-state index >= 15 is 0 Å². The maximum atomic E-state index is 5.24. The molecule has 2 aromatic rings. The summed E-state index contributed by atoms with van der Waals surface area (Å²) in [6.45, 7) is 6.26. The van der Waals surface area contributed by atoms with Crippen LogP contribution in [-0.4, -0.2) is 33.6 Å². The molecule has 0 bridgehead atoms. The predicted octanol–water partition coefficient (Wildman–Crippen LogP) is 1.15. The van der Waals surface area contributed by atoms with Crippen LogP contribution in [0.15, 0.2) is 18.3 Å². The molecule has 19 heavy (non-hydrogen) atoms. The van der Waals surface area contributed by atoms with Gasteiger partial charge in [0.25, 0.3) is 0 Å². The molecular weight excluding hydrogens is 242 g/mol. The number of hydrogen-bond acceptors (Lipinski definition) is 5. The van der Waals surface area contributed by atoms with Crippen LogP contribution in [0.3, 0.4) is 0 Å². The zero-order valence-electron chi connectivity index (χ0n) is 11.6. The van der Waals surface area contributed by atoms with E-state index in [4.69, 9.17) is 4.74 Å². The molecule has 0 aromatic carbocycles. The highest BCUT2D eigenvalue weighted by atomic mass is 16.5. The molecule has 1 N–H and O–H groups in total. The summed E-state index contributed by atoms with van der Waals surface area (Å²) in [5.74, 6) is 0.815. The molecule has 6 nitrogen and oxygen atoms in total. The molecule has 0 aliphatic rings. The molecule has 0 amide bonds. The molecule has 0 fully saturated rings. The van der Waals surface area contributed by atoms with Gasteiger partial charge in [-0.1, -0.05) is 12.1 Å². The van der Waals surface area contributed by atoms with E-state index in [2.05, 4.69) is 27.5 Å². The van der Waals surface area contributed by atoms with E-state index in [0.717, 1.165) is 35.9 Å². The summed E-state index contributed by atoms with van der Waals surface area (Å²) in [6.07, 6.45) is 1.93. The van der Waals surface area contributed by atoms with Gasteiger partial charge in [0.15, 0.2) is 0 Å². The summed E-state index contributed by atoms with van der Waals surface area (Å²) < 4.78 is 7.02. The van der Waals surface area contributed by atoms with Crippen molar-refractivity contribution in [3.05, 3.63) is 35.4 Å². The number of methoxy groups -OCH3 is 1. The lowest BCUT2D eigenvalue weighted by atomic mass is 10.3. The molecule has 102 valence electrons. The first-order valence-electron chi connectivity index (χ1n) is 6.32. The molecule has 6 heteroatoms. The van der Waals surface area contributed by atoms with Gasteiger partial charge >= 0.3 is 0 Å². The van der Waals surface area contributed by atoms with Crippen molar-refractivity contribution in [3.8, 4) is 5.75 Å². The van der Waals surface area contributed by atoms with Gasteiger partial charge in [0, 0.05) is 24.4 Å². The van der Waals surface area contributed by atoms with Crippen LogP contribution in [0.5, 0.6) is 5.75 Å². The SMILES string of the molecule is CCNCc1cn(Cc2cc(OC)cc(C)n2)nn1. The van der Waals surface area contributed by atoms with E-state index in [1.54, 1.807) is 11.8 Å². The molecule has 2 rings (SSSR count). The minimum Gasteiger partial charge on any atom is -0.497 e. The van der Waals surface area contributed by atoms with Gasteiger partial charge in [0.05, 0.1) is 31.2 Å². The fourth-order valence-electron chi connectivity index (χ4n) is 1.82. The quantitative estimate of drug-likeness (QED) is 0.845. The smallest absolute Gasteiger partial charge is 0.122 e. The van der Waals surface area contributed by atoms with E-state index in [1.807, 2.05) is 25.3 Å². The minimum atomic E-state index is 0.594. The molecule has 0 radical (unpaired) electrons. The van der Waals surface area contributed by atoms with E-state index in [-0.39, 0.29) is 0 Å². The Bertz CT molecular complexity index is 538. The van der Waals surface area contributed by atoms with Crippen LogP contribution in [0.4, 0.5) is 0 Å². The number of pyridine rings is 1. The second-order valence-electron chi connectivity index (χ2n) is 4.33. The first-order valence-corrected chi connectivity index (χ1v) is 6.32. The lowest BCUT2D eigenvalue weighted by Gasteiger charge is -2.05. The monoisotopic (exact) mass is 261 g/mol. The second kappa shape index (κ2) is 6.29. The average molecular weight is 261 g/mol. The summed E-state index contributed by atoms with van der Waals surface area (Å²) in [4.78, 5) is 4.46. The molecule has 0 unspecified atom stereocenters. The number of rotatable bonds is 6. The first kappa shape index (κ1) is 13.5. The summed E-state index contributed by atoms with van der Waals surface area (Å²) in [5.41, 5.74) is 2.78. The summed E-state index contributed by atoms with van der Waals surface area (Å²) in [7, 11) is 1.66. The Balaban J connectivity index is 2.08. The van der Waals surface area contributed by atoms with Gasteiger partial charge in [0.1, 0.15) is 5.75 Å². The highest BCUT2D eigenvalue weighted by Gasteiger charge is 2.04. The van der Waals surface area contributed by atoms with Crippen LogP contribution in [0, 0.1) is 6.92 Å². The van der Waals surface area contributed by atoms with Crippen molar-refractivity contribution >= 4 is 0 Å². The third-order valence-electron chi connectivity index (χ3n) is 2.68. The summed E-state index contributed by atoms with van der Waals surface area (Å²) in [6, 6.07) is 3.82. The van der Waals surface area contributed by atoms with Crippen molar-refractivity contribution in [3.63, 3.8) is 0 Å². The summed E-state index contributed by atoms with van der Waals surface area (Å²) in [5, 5.41) is 11.4. The highest BCUT2D eigenvalue weighted by Crippen LogP contribution is 2.13. The molecule has 2 aromatic heterocycles. The minimum absolute atomic E-state index is 0.594. The van der Waals surface area contributed by atoms with Crippen molar-refractivity contribution in [1.29, 1.82) is 0 Å². The van der Waals surface area contributed by atoms with Crippen LogP contribution in [-0.2, 0) is 13.1 Å². The van der Waals surface area contributed by atoms with Crippen molar-refractivity contribution in [2.24, 2.45) is 0 Å². The fourth-order valence-corrected chi connectivity index (χ4v) is 1.82. The van der Waals surface area contributed by atoms with E-state index in [0.29, 0.717) is 6.54 Å². The second-order valence-corrected chi connectivity index (χ2v) is 4.33. The molecular formula is C13H19N5O. The Labute approximate surface area is 112 Å². The zero-order valence-corrected chi connectivity index (χ0v) is 11.6. The fraction of sp³-hybridized carbons (Fsp3) is 0.462. The molecule has 0 spiro atoms. The number of aromatic nitrogens is 4. The van der Waals surface area contributed by atoms with Crippen molar-refractivity contribution in [2.45, 2.75) is 26.9 Å². The lowest BCUT2D eigenvalue weighted by Crippen LogP contribution is -2.11. The number of hydrogen-bond donors (Lipinski definition) is 1. The third-order valence-corrected chi connectivity index (χ3v) is 2.68. The van der Waals surface area contributed by atoms with Crippen LogP contribution < -0.4 is 10.1 Å². The van der Waals surface area contributed by atoms with Gasteiger partial charge < -0.3 is 10.1 Å². The molecule has 0 aliphatic carbocycles. The van der Waals surface area contributed by atoms with Gasteiger partial charge in [-0.3, -0.25) is 4.98 Å². The summed E-state index contributed by atoms with van der Waals surface area (Å²) >= 11 is 0. The predicted molar refractivity (Wildman–Crippen MR) is 72.0 cm³/mol. The maximum absolute atomic E-state index is 5.24. The van der Waals surface area contributed by atoms with Gasteiger partial charge in [-0.15, -0.1) is 5.10 Å². The number of ether oxygens (including phenoxy) is 1. The van der Waals surface area contributed by atoms with Crippen LogP contribution in [0.2, 0.25) is 0 Å². The normalized spacial score (nSPS) is 10.7. The largest absolute Gasteiger partial charge is 0.497 e. The van der Waals surface area contributed by atoms with Crippen LogP contribution in [0.25, 0.3) is 0 Å². The van der Waals surface area contributed by atoms with E-state index < -0.39 is 0 Å². The Morgan fingerprint density at radius 2 is 2.16 bits per heavy atom. The standard InChI is InChI=1S/C13H19N5O/c1-4-14-7-12-9-18(17-16-12)8-11-6-13(19-3)5-10(2)15-11/h5-6,9,14H,4,7-8H2,1-3H3. The lowest BCUT2D eigenvalue weighted by molar-refractivity contribution is 0.412. The van der Waals surface area contributed by atoms with E-state index in [1.165, 1.54) is 0 Å². The van der Waals surface area contributed by atoms with Crippen LogP contribution >= 0.6 is 0 Å². The van der Waals surface area contributed by atoms with Crippen molar-refractivity contribution in [2.75, 3.05) is 13.7 Å². The Kier molecular flexibility index (Phi) is 4.46. The molecule has 0 saturated heterocycles. The van der Waals surface area contributed by atoms with E-state index in [9.17, 15) is 0 Å². The first-order chi connectivity index (χ1) is 9.21. The van der Waals surface area contributed by atoms with Crippen LogP contribution in [0.1, 0.15) is 24.0 Å². The third kappa shape index (κ3) is 3.75. The highest BCUT2D eigenvalue weighted by molar-refractivity contribution is 5.26.